The molecule has 8 heteroatoms. The van der Waals surface area contributed by atoms with Gasteiger partial charge in [-0.1, -0.05) is 25.1 Å². The van der Waals surface area contributed by atoms with Crippen LogP contribution in [-0.4, -0.2) is 50.8 Å². The van der Waals surface area contributed by atoms with Crippen LogP contribution in [0.3, 0.4) is 0 Å². The Hall–Kier alpha value is -3.16. The molecule has 1 fully saturated rings. The van der Waals surface area contributed by atoms with Crippen molar-refractivity contribution in [1.82, 2.24) is 19.2 Å². The molecule has 31 heavy (non-hydrogen) atoms. The molecule has 1 aliphatic rings. The summed E-state index contributed by atoms with van der Waals surface area (Å²) in [4.78, 5) is 40.0. The number of esters is 1. The van der Waals surface area contributed by atoms with Gasteiger partial charge >= 0.3 is 5.97 Å². The Morgan fingerprint density at radius 1 is 1.19 bits per heavy atom. The maximum absolute atomic E-state index is 13.3. The molecule has 1 amide bonds. The average molecular weight is 425 g/mol. The molecule has 1 aromatic carbocycles. The van der Waals surface area contributed by atoms with Gasteiger partial charge in [-0.15, -0.1) is 0 Å². The third kappa shape index (κ3) is 3.94. The van der Waals surface area contributed by atoms with Gasteiger partial charge in [0, 0.05) is 35.9 Å². The van der Waals surface area contributed by atoms with E-state index in [2.05, 4.69) is 12.0 Å². The predicted octanol–water partition coefficient (Wildman–Crippen LogP) is 2.56. The summed E-state index contributed by atoms with van der Waals surface area (Å²) in [5, 5.41) is 6.09. The van der Waals surface area contributed by atoms with Crippen LogP contribution < -0.4 is 5.56 Å². The number of ether oxygens (including phenoxy) is 1. The van der Waals surface area contributed by atoms with Crippen LogP contribution in [0.2, 0.25) is 0 Å². The monoisotopic (exact) mass is 424 g/mol. The summed E-state index contributed by atoms with van der Waals surface area (Å²) < 4.78 is 8.37. The van der Waals surface area contributed by atoms with Gasteiger partial charge in [0.15, 0.2) is 0 Å². The fourth-order valence-electron chi connectivity index (χ4n) is 4.45. The minimum atomic E-state index is -0.308. The first kappa shape index (κ1) is 21.1. The largest absolute Gasteiger partial charge is 0.466 e. The highest BCUT2D eigenvalue weighted by molar-refractivity contribution is 6.07. The number of fused-ring (bicyclic) bond motifs is 3. The summed E-state index contributed by atoms with van der Waals surface area (Å²) >= 11 is 0. The second kappa shape index (κ2) is 8.91. The highest BCUT2D eigenvalue weighted by atomic mass is 16.5. The summed E-state index contributed by atoms with van der Waals surface area (Å²) in [7, 11) is 0. The zero-order valence-electron chi connectivity index (χ0n) is 18.0. The number of hydrogen-bond donors (Lipinski definition) is 0. The number of carbonyl (C=O) groups is 2. The van der Waals surface area contributed by atoms with Crippen molar-refractivity contribution in [3.63, 3.8) is 0 Å². The van der Waals surface area contributed by atoms with E-state index in [1.165, 1.54) is 4.68 Å². The van der Waals surface area contributed by atoms with Gasteiger partial charge in [-0.2, -0.15) is 5.10 Å². The molecule has 0 bridgehead atoms. The molecule has 1 saturated heterocycles. The van der Waals surface area contributed by atoms with Crippen LogP contribution >= 0.6 is 0 Å². The number of hydrogen-bond acceptors (Lipinski definition) is 5. The van der Waals surface area contributed by atoms with Crippen LogP contribution in [0, 0.1) is 5.92 Å². The first-order chi connectivity index (χ1) is 15.0. The lowest BCUT2D eigenvalue weighted by Gasteiger charge is -2.31. The number of para-hydroxylation sites is 1. The number of piperidine rings is 1. The molecule has 0 aliphatic carbocycles. The minimum Gasteiger partial charge on any atom is -0.466 e. The lowest BCUT2D eigenvalue weighted by Crippen LogP contribution is -2.45. The summed E-state index contributed by atoms with van der Waals surface area (Å²) in [5.41, 5.74) is 1.30. The van der Waals surface area contributed by atoms with Crippen molar-refractivity contribution in [3.8, 4) is 0 Å². The van der Waals surface area contributed by atoms with Crippen molar-refractivity contribution in [2.75, 3.05) is 19.7 Å². The Bertz CT molecular complexity index is 1180. The number of nitrogens with zero attached hydrogens (tertiary/aromatic N) is 4. The summed E-state index contributed by atoms with van der Waals surface area (Å²) in [6.45, 7) is 5.64. The third-order valence-corrected chi connectivity index (χ3v) is 5.90. The summed E-state index contributed by atoms with van der Waals surface area (Å²) in [6, 6.07) is 7.90. The Kier molecular flexibility index (Phi) is 6.06. The van der Waals surface area contributed by atoms with Gasteiger partial charge in [-0.05, 0) is 32.3 Å². The molecule has 3 aromatic rings. The van der Waals surface area contributed by atoms with Crippen molar-refractivity contribution >= 4 is 33.7 Å². The smallest absolute Gasteiger partial charge is 0.310 e. The molecule has 0 spiro atoms. The normalized spacial score (nSPS) is 16.7. The molecule has 3 heterocycles. The molecule has 0 N–H and O–H groups in total. The van der Waals surface area contributed by atoms with Crippen LogP contribution in [0.25, 0.3) is 21.8 Å². The Balaban J connectivity index is 1.63. The van der Waals surface area contributed by atoms with Crippen LogP contribution in [0.15, 0.2) is 35.3 Å². The zero-order valence-corrected chi connectivity index (χ0v) is 18.0. The first-order valence-electron chi connectivity index (χ1n) is 11.0. The fraction of sp³-hybridized carbons (Fsp3) is 0.478. The van der Waals surface area contributed by atoms with E-state index in [1.807, 2.05) is 28.8 Å². The van der Waals surface area contributed by atoms with E-state index in [9.17, 15) is 14.4 Å². The number of likely N-dealkylation sites (tertiary alicyclic amines) is 1. The molecule has 0 saturated carbocycles. The second-order valence-corrected chi connectivity index (χ2v) is 7.97. The maximum Gasteiger partial charge on any atom is 0.310 e. The first-order valence-corrected chi connectivity index (χ1v) is 11.0. The molecular formula is C23H28N4O4. The van der Waals surface area contributed by atoms with Gasteiger partial charge in [-0.3, -0.25) is 14.4 Å². The highest BCUT2D eigenvalue weighted by Gasteiger charge is 2.29. The molecule has 1 aliphatic heterocycles. The van der Waals surface area contributed by atoms with Gasteiger partial charge in [0.05, 0.1) is 18.7 Å². The third-order valence-electron chi connectivity index (χ3n) is 5.90. The molecule has 1 atom stereocenters. The Labute approximate surface area is 180 Å². The van der Waals surface area contributed by atoms with Gasteiger partial charge in [0.1, 0.15) is 12.1 Å². The number of aryl methyl sites for hydroxylation is 1. The number of rotatable bonds is 6. The molecule has 8 nitrogen and oxygen atoms in total. The number of aromatic nitrogens is 3. The van der Waals surface area contributed by atoms with Gasteiger partial charge in [0.2, 0.25) is 5.91 Å². The Morgan fingerprint density at radius 3 is 2.77 bits per heavy atom. The van der Waals surface area contributed by atoms with Crippen molar-refractivity contribution in [2.45, 2.75) is 46.2 Å². The lowest BCUT2D eigenvalue weighted by atomic mass is 9.98. The van der Waals surface area contributed by atoms with Gasteiger partial charge in [-0.25, -0.2) is 4.68 Å². The molecular weight excluding hydrogens is 396 g/mol. The van der Waals surface area contributed by atoms with Crippen LogP contribution in [0.5, 0.6) is 0 Å². The van der Waals surface area contributed by atoms with Crippen molar-refractivity contribution < 1.29 is 14.3 Å². The minimum absolute atomic E-state index is 0.141. The van der Waals surface area contributed by atoms with Gasteiger partial charge < -0.3 is 14.2 Å². The topological polar surface area (TPSA) is 86.4 Å². The number of benzene rings is 1. The van der Waals surface area contributed by atoms with E-state index in [-0.39, 0.29) is 29.9 Å². The highest BCUT2D eigenvalue weighted by Crippen LogP contribution is 2.26. The molecule has 0 radical (unpaired) electrons. The lowest BCUT2D eigenvalue weighted by molar-refractivity contribution is -0.151. The van der Waals surface area contributed by atoms with E-state index in [1.54, 1.807) is 18.0 Å². The van der Waals surface area contributed by atoms with Gasteiger partial charge in [0.25, 0.3) is 5.56 Å². The van der Waals surface area contributed by atoms with E-state index in [0.717, 1.165) is 29.1 Å². The van der Waals surface area contributed by atoms with E-state index in [0.29, 0.717) is 38.2 Å². The zero-order chi connectivity index (χ0) is 22.0. The summed E-state index contributed by atoms with van der Waals surface area (Å²) in [6.07, 6.45) is 4.01. The van der Waals surface area contributed by atoms with E-state index in [4.69, 9.17) is 4.74 Å². The van der Waals surface area contributed by atoms with E-state index >= 15 is 0 Å². The predicted molar refractivity (Wildman–Crippen MR) is 118 cm³/mol. The van der Waals surface area contributed by atoms with E-state index < -0.39 is 0 Å². The maximum atomic E-state index is 13.3. The molecule has 164 valence electrons. The SMILES string of the molecule is CCCn1c2ccccc2c2cnn(CC(=O)N3CCC[C@H](C(=O)OCC)C3)c(=O)c21. The number of amides is 1. The van der Waals surface area contributed by atoms with Crippen LogP contribution in [0.4, 0.5) is 0 Å². The molecule has 4 rings (SSSR count). The summed E-state index contributed by atoms with van der Waals surface area (Å²) in [5.74, 6) is -0.779. The Morgan fingerprint density at radius 2 is 2.00 bits per heavy atom. The molecule has 2 aromatic heterocycles. The number of carbonyl (C=O) groups excluding carboxylic acids is 2. The van der Waals surface area contributed by atoms with Crippen molar-refractivity contribution in [3.05, 3.63) is 40.8 Å². The van der Waals surface area contributed by atoms with Crippen LogP contribution in [-0.2, 0) is 27.4 Å². The standard InChI is InChI=1S/C23H28N4O4/c1-3-11-26-19-10-6-5-9-17(19)18-13-24-27(22(29)21(18)26)15-20(28)25-12-7-8-16(14-25)23(30)31-4-2/h5-6,9-10,13,16H,3-4,7-8,11-12,14-15H2,1-2H3/t16-/m0/s1. The van der Waals surface area contributed by atoms with Crippen LogP contribution in [0.1, 0.15) is 33.1 Å². The average Bonchev–Trinajstić information content (AvgIpc) is 3.10. The van der Waals surface area contributed by atoms with Crippen molar-refractivity contribution in [1.29, 1.82) is 0 Å². The quantitative estimate of drug-likeness (QED) is 0.568. The van der Waals surface area contributed by atoms with Crippen molar-refractivity contribution in [2.24, 2.45) is 5.92 Å². The second-order valence-electron chi connectivity index (χ2n) is 7.97. The molecule has 0 unspecified atom stereocenters. The fourth-order valence-corrected chi connectivity index (χ4v) is 4.45.